The van der Waals surface area contributed by atoms with E-state index in [1.807, 2.05) is 0 Å². The standard InChI is InChI=1S/C9H10Cl2N2O3/c1-12-7(14)2-3-16-9(15)6-4-5(10)8(11)13-6/h4,13H,2-3H2,1H3,(H,12,14). The molecule has 0 radical (unpaired) electrons. The molecule has 0 saturated carbocycles. The number of halogens is 2. The Morgan fingerprint density at radius 1 is 1.50 bits per heavy atom. The fraction of sp³-hybridized carbons (Fsp3) is 0.333. The molecule has 0 aromatic carbocycles. The molecular formula is C9H10Cl2N2O3. The molecule has 1 aromatic heterocycles. The number of carbonyl (C=O) groups is 2. The Hall–Kier alpha value is -1.20. The van der Waals surface area contributed by atoms with Crippen molar-refractivity contribution in [1.82, 2.24) is 10.3 Å². The predicted octanol–water partition coefficient (Wildman–Crippen LogP) is 1.61. The highest BCUT2D eigenvalue weighted by atomic mass is 35.5. The number of ether oxygens (including phenoxy) is 1. The van der Waals surface area contributed by atoms with Crippen LogP contribution in [0.4, 0.5) is 0 Å². The first-order chi connectivity index (χ1) is 7.54. The van der Waals surface area contributed by atoms with Crippen LogP contribution in [-0.2, 0) is 9.53 Å². The van der Waals surface area contributed by atoms with Crippen LogP contribution in [0.1, 0.15) is 16.9 Å². The lowest BCUT2D eigenvalue weighted by atomic mass is 10.4. The molecule has 0 atom stereocenters. The van der Waals surface area contributed by atoms with E-state index in [0.29, 0.717) is 0 Å². The van der Waals surface area contributed by atoms with E-state index in [1.54, 1.807) is 0 Å². The van der Waals surface area contributed by atoms with Crippen LogP contribution in [-0.4, -0.2) is 30.5 Å². The highest BCUT2D eigenvalue weighted by Crippen LogP contribution is 2.22. The normalized spacial score (nSPS) is 9.94. The number of carbonyl (C=O) groups excluding carboxylic acids is 2. The van der Waals surface area contributed by atoms with Crippen molar-refractivity contribution < 1.29 is 14.3 Å². The lowest BCUT2D eigenvalue weighted by Crippen LogP contribution is -2.20. The fourth-order valence-corrected chi connectivity index (χ4v) is 1.27. The van der Waals surface area contributed by atoms with Crippen molar-refractivity contribution in [2.75, 3.05) is 13.7 Å². The molecule has 16 heavy (non-hydrogen) atoms. The second-order valence-corrected chi connectivity index (χ2v) is 3.69. The van der Waals surface area contributed by atoms with Crippen molar-refractivity contribution in [2.45, 2.75) is 6.42 Å². The molecule has 0 aliphatic heterocycles. The molecule has 0 fully saturated rings. The summed E-state index contributed by atoms with van der Waals surface area (Å²) in [4.78, 5) is 24.8. The van der Waals surface area contributed by atoms with Gasteiger partial charge in [-0.3, -0.25) is 4.79 Å². The van der Waals surface area contributed by atoms with Crippen LogP contribution in [0.2, 0.25) is 10.2 Å². The molecule has 0 aliphatic carbocycles. The Morgan fingerprint density at radius 3 is 2.69 bits per heavy atom. The lowest BCUT2D eigenvalue weighted by Gasteiger charge is -2.02. The third kappa shape index (κ3) is 3.43. The molecule has 0 saturated heterocycles. The Kier molecular flexibility index (Phi) is 4.64. The van der Waals surface area contributed by atoms with E-state index in [1.165, 1.54) is 13.1 Å². The summed E-state index contributed by atoms with van der Waals surface area (Å²) in [6.45, 7) is 0.00671. The van der Waals surface area contributed by atoms with Gasteiger partial charge in [0.25, 0.3) is 0 Å². The van der Waals surface area contributed by atoms with Gasteiger partial charge in [-0.1, -0.05) is 23.2 Å². The molecule has 7 heteroatoms. The van der Waals surface area contributed by atoms with Gasteiger partial charge >= 0.3 is 5.97 Å². The van der Waals surface area contributed by atoms with Crippen LogP contribution >= 0.6 is 23.2 Å². The Labute approximate surface area is 102 Å². The summed E-state index contributed by atoms with van der Waals surface area (Å²) in [5, 5.41) is 2.84. The number of aromatic amines is 1. The largest absolute Gasteiger partial charge is 0.460 e. The molecule has 1 amide bonds. The quantitative estimate of drug-likeness (QED) is 0.812. The number of esters is 1. The molecule has 5 nitrogen and oxygen atoms in total. The van der Waals surface area contributed by atoms with Gasteiger partial charge in [0.2, 0.25) is 5.91 Å². The smallest absolute Gasteiger partial charge is 0.354 e. The summed E-state index contributed by atoms with van der Waals surface area (Å²) >= 11 is 11.3. The van der Waals surface area contributed by atoms with Crippen LogP contribution in [0.25, 0.3) is 0 Å². The maximum atomic E-state index is 11.4. The van der Waals surface area contributed by atoms with Gasteiger partial charge in [-0.15, -0.1) is 0 Å². The van der Waals surface area contributed by atoms with Gasteiger partial charge in [-0.05, 0) is 6.07 Å². The number of aromatic nitrogens is 1. The van der Waals surface area contributed by atoms with Gasteiger partial charge in [0.1, 0.15) is 17.5 Å². The van der Waals surface area contributed by atoms with Gasteiger partial charge in [-0.2, -0.15) is 0 Å². The monoisotopic (exact) mass is 264 g/mol. The minimum atomic E-state index is -0.599. The number of rotatable bonds is 4. The predicted molar refractivity (Wildman–Crippen MR) is 59.8 cm³/mol. The van der Waals surface area contributed by atoms with Crippen LogP contribution in [0, 0.1) is 0 Å². The molecule has 88 valence electrons. The van der Waals surface area contributed by atoms with Crippen molar-refractivity contribution in [1.29, 1.82) is 0 Å². The zero-order chi connectivity index (χ0) is 12.1. The van der Waals surface area contributed by atoms with Gasteiger partial charge in [-0.25, -0.2) is 4.79 Å². The maximum absolute atomic E-state index is 11.4. The fourth-order valence-electron chi connectivity index (χ4n) is 0.953. The molecule has 0 unspecified atom stereocenters. The third-order valence-corrected chi connectivity index (χ3v) is 2.48. The topological polar surface area (TPSA) is 71.2 Å². The SMILES string of the molecule is CNC(=O)CCOC(=O)c1cc(Cl)c(Cl)[nH]1. The summed E-state index contributed by atoms with van der Waals surface area (Å²) < 4.78 is 4.82. The zero-order valence-electron chi connectivity index (χ0n) is 8.47. The number of amides is 1. The van der Waals surface area contributed by atoms with E-state index in [9.17, 15) is 9.59 Å². The number of H-pyrrole nitrogens is 1. The van der Waals surface area contributed by atoms with Crippen LogP contribution in [0.3, 0.4) is 0 Å². The highest BCUT2D eigenvalue weighted by Gasteiger charge is 2.13. The van der Waals surface area contributed by atoms with Crippen LogP contribution in [0.15, 0.2) is 6.07 Å². The Balaban J connectivity index is 2.44. The Bertz CT molecular complexity index is 384. The molecule has 2 N–H and O–H groups in total. The molecule has 0 spiro atoms. The summed E-state index contributed by atoms with van der Waals surface area (Å²) in [5.74, 6) is -0.798. The van der Waals surface area contributed by atoms with Crippen molar-refractivity contribution in [3.05, 3.63) is 21.9 Å². The highest BCUT2D eigenvalue weighted by molar-refractivity contribution is 6.41. The second kappa shape index (κ2) is 5.77. The van der Waals surface area contributed by atoms with E-state index < -0.39 is 5.97 Å². The van der Waals surface area contributed by atoms with Gasteiger partial charge in [0.05, 0.1) is 11.4 Å². The van der Waals surface area contributed by atoms with Crippen LogP contribution < -0.4 is 5.32 Å². The molecule has 1 rings (SSSR count). The van der Waals surface area contributed by atoms with Crippen LogP contribution in [0.5, 0.6) is 0 Å². The first-order valence-corrected chi connectivity index (χ1v) is 5.22. The van der Waals surface area contributed by atoms with Crippen molar-refractivity contribution in [3.63, 3.8) is 0 Å². The van der Waals surface area contributed by atoms with Crippen molar-refractivity contribution in [3.8, 4) is 0 Å². The first-order valence-electron chi connectivity index (χ1n) is 4.46. The number of nitrogens with one attached hydrogen (secondary N) is 2. The number of hydrogen-bond acceptors (Lipinski definition) is 3. The minimum absolute atomic E-state index is 0.00671. The second-order valence-electron chi connectivity index (χ2n) is 2.90. The van der Waals surface area contributed by atoms with E-state index in [0.717, 1.165) is 0 Å². The minimum Gasteiger partial charge on any atom is -0.460 e. The average Bonchev–Trinajstić information content (AvgIpc) is 2.59. The molecule has 0 bridgehead atoms. The summed E-state index contributed by atoms with van der Waals surface area (Å²) in [5.41, 5.74) is 0.159. The van der Waals surface area contributed by atoms with E-state index in [4.69, 9.17) is 27.9 Å². The van der Waals surface area contributed by atoms with Crippen molar-refractivity contribution in [2.24, 2.45) is 0 Å². The summed E-state index contributed by atoms with van der Waals surface area (Å²) in [6.07, 6.45) is 0.115. The van der Waals surface area contributed by atoms with Gasteiger partial charge in [0, 0.05) is 7.05 Å². The molecule has 0 aliphatic rings. The van der Waals surface area contributed by atoms with E-state index in [-0.39, 0.29) is 34.8 Å². The molecule has 1 heterocycles. The average molecular weight is 265 g/mol. The summed E-state index contributed by atoms with van der Waals surface area (Å²) in [7, 11) is 1.51. The summed E-state index contributed by atoms with van der Waals surface area (Å²) in [6, 6.07) is 1.37. The molecule has 1 aromatic rings. The Morgan fingerprint density at radius 2 is 2.19 bits per heavy atom. The molecular weight excluding hydrogens is 255 g/mol. The van der Waals surface area contributed by atoms with E-state index in [2.05, 4.69) is 10.3 Å². The third-order valence-electron chi connectivity index (χ3n) is 1.79. The van der Waals surface area contributed by atoms with Crippen molar-refractivity contribution >= 4 is 35.1 Å². The zero-order valence-corrected chi connectivity index (χ0v) is 9.98. The van der Waals surface area contributed by atoms with Gasteiger partial charge < -0.3 is 15.0 Å². The number of hydrogen-bond donors (Lipinski definition) is 2. The maximum Gasteiger partial charge on any atom is 0.354 e. The van der Waals surface area contributed by atoms with E-state index >= 15 is 0 Å². The first kappa shape index (κ1) is 12.9. The van der Waals surface area contributed by atoms with Gasteiger partial charge in [0.15, 0.2) is 0 Å². The lowest BCUT2D eigenvalue weighted by molar-refractivity contribution is -0.121.